The van der Waals surface area contributed by atoms with E-state index in [-0.39, 0.29) is 23.6 Å². The average molecular weight is 517 g/mol. The molecule has 3 aromatic carbocycles. The van der Waals surface area contributed by atoms with Crippen LogP contribution in [-0.2, 0) is 9.53 Å². The van der Waals surface area contributed by atoms with Gasteiger partial charge in [-0.25, -0.2) is 0 Å². The zero-order valence-electron chi connectivity index (χ0n) is 22.1. The number of ketones is 2. The Balaban J connectivity index is 1.54. The Morgan fingerprint density at radius 1 is 0.789 bits per heavy atom. The Bertz CT molecular complexity index is 1340. The van der Waals surface area contributed by atoms with Gasteiger partial charge in [0.1, 0.15) is 5.60 Å². The lowest BCUT2D eigenvalue weighted by molar-refractivity contribution is -0.142. The second-order valence-corrected chi connectivity index (χ2v) is 9.70. The van der Waals surface area contributed by atoms with Crippen molar-refractivity contribution in [2.45, 2.75) is 36.9 Å². The maximum atomic E-state index is 14.2. The molecule has 2 fully saturated rings. The quantitative estimate of drug-likeness (QED) is 0.286. The van der Waals surface area contributed by atoms with Gasteiger partial charge in [0, 0.05) is 11.5 Å². The molecule has 0 bridgehead atoms. The normalized spacial score (nSPS) is 24.4. The van der Waals surface area contributed by atoms with Crippen molar-refractivity contribution in [1.82, 2.24) is 0 Å². The highest BCUT2D eigenvalue weighted by Gasteiger charge is 2.61. The summed E-state index contributed by atoms with van der Waals surface area (Å²) in [5.41, 5.74) is 1.18. The second-order valence-electron chi connectivity index (χ2n) is 9.70. The van der Waals surface area contributed by atoms with Crippen molar-refractivity contribution in [3.05, 3.63) is 83.4 Å². The average Bonchev–Trinajstić information content (AvgIpc) is 3.54. The molecule has 1 spiro atoms. The van der Waals surface area contributed by atoms with Crippen molar-refractivity contribution in [1.29, 1.82) is 0 Å². The molecule has 7 heteroatoms. The number of hydrogen-bond donors (Lipinski definition) is 0. The molecule has 1 aliphatic heterocycles. The molecule has 0 radical (unpaired) electrons. The van der Waals surface area contributed by atoms with E-state index >= 15 is 0 Å². The number of ether oxygens (including phenoxy) is 5. The topological polar surface area (TPSA) is 80.3 Å². The van der Waals surface area contributed by atoms with E-state index in [0.717, 1.165) is 11.1 Å². The van der Waals surface area contributed by atoms with Crippen molar-refractivity contribution >= 4 is 11.6 Å². The van der Waals surface area contributed by atoms with E-state index < -0.39 is 11.5 Å². The molecular formula is C31H32O7. The fourth-order valence-corrected chi connectivity index (χ4v) is 5.95. The third kappa shape index (κ3) is 4.31. The molecule has 5 rings (SSSR count). The van der Waals surface area contributed by atoms with E-state index in [1.807, 2.05) is 54.6 Å². The maximum absolute atomic E-state index is 14.2. The first kappa shape index (κ1) is 25.8. The Kier molecular flexibility index (Phi) is 7.13. The molecule has 1 saturated carbocycles. The number of Topliss-reactive ketones (excluding diaryl/α,β-unsaturated/α-hetero) is 2. The van der Waals surface area contributed by atoms with Crippen LogP contribution in [0.2, 0.25) is 0 Å². The van der Waals surface area contributed by atoms with Crippen molar-refractivity contribution < 1.29 is 33.3 Å². The molecular weight excluding hydrogens is 484 g/mol. The minimum Gasteiger partial charge on any atom is -0.493 e. The lowest BCUT2D eigenvalue weighted by Gasteiger charge is -2.31. The van der Waals surface area contributed by atoms with Gasteiger partial charge in [0.15, 0.2) is 34.6 Å². The Morgan fingerprint density at radius 3 is 1.97 bits per heavy atom. The molecule has 1 heterocycles. The zero-order valence-corrected chi connectivity index (χ0v) is 22.1. The standard InChI is InChI=1S/C31H32O7/c1-34-25-12-10-20(16-27(25)36-3)23-18-22(29(32)19-8-6-5-7-9-19)30(33)31(23)15-14-24(38-31)21-11-13-26(35-2)28(17-21)37-4/h5-13,16-17,22-24H,14-15,18H2,1-4H3. The van der Waals surface area contributed by atoms with Gasteiger partial charge >= 0.3 is 0 Å². The first-order valence-corrected chi connectivity index (χ1v) is 12.7. The van der Waals surface area contributed by atoms with Crippen LogP contribution in [0.3, 0.4) is 0 Å². The summed E-state index contributed by atoms with van der Waals surface area (Å²) in [5.74, 6) is 0.947. The molecule has 0 aromatic heterocycles. The van der Waals surface area contributed by atoms with Crippen molar-refractivity contribution in [2.75, 3.05) is 28.4 Å². The highest BCUT2D eigenvalue weighted by Crippen LogP contribution is 2.56. The van der Waals surface area contributed by atoms with Gasteiger partial charge < -0.3 is 23.7 Å². The number of rotatable bonds is 8. The second kappa shape index (κ2) is 10.5. The van der Waals surface area contributed by atoms with Crippen LogP contribution in [0.1, 0.15) is 52.8 Å². The zero-order chi connectivity index (χ0) is 26.9. The number of carbonyl (C=O) groups excluding carboxylic acids is 2. The summed E-state index contributed by atoms with van der Waals surface area (Å²) in [6, 6.07) is 20.3. The van der Waals surface area contributed by atoms with E-state index in [9.17, 15) is 9.59 Å². The molecule has 2 aliphatic rings. The third-order valence-corrected chi connectivity index (χ3v) is 7.86. The van der Waals surface area contributed by atoms with Gasteiger partial charge in [0.05, 0.1) is 40.5 Å². The summed E-state index contributed by atoms with van der Waals surface area (Å²) in [4.78, 5) is 27.7. The summed E-state index contributed by atoms with van der Waals surface area (Å²) in [5, 5.41) is 0. The summed E-state index contributed by atoms with van der Waals surface area (Å²) in [7, 11) is 6.35. The summed E-state index contributed by atoms with van der Waals surface area (Å²) in [6.07, 6.45) is 1.17. The summed E-state index contributed by atoms with van der Waals surface area (Å²) in [6.45, 7) is 0. The molecule has 0 amide bonds. The third-order valence-electron chi connectivity index (χ3n) is 7.86. The molecule has 198 valence electrons. The van der Waals surface area contributed by atoms with Gasteiger partial charge in [-0.2, -0.15) is 0 Å². The molecule has 4 atom stereocenters. The van der Waals surface area contributed by atoms with Crippen LogP contribution in [0.5, 0.6) is 23.0 Å². The van der Waals surface area contributed by atoms with Crippen LogP contribution in [0, 0.1) is 5.92 Å². The van der Waals surface area contributed by atoms with Gasteiger partial charge in [0.2, 0.25) is 0 Å². The van der Waals surface area contributed by atoms with E-state index in [0.29, 0.717) is 47.8 Å². The van der Waals surface area contributed by atoms with Crippen LogP contribution < -0.4 is 18.9 Å². The minimum atomic E-state index is -1.13. The van der Waals surface area contributed by atoms with E-state index in [1.165, 1.54) is 0 Å². The van der Waals surface area contributed by atoms with Crippen LogP contribution in [0.25, 0.3) is 0 Å². The Morgan fingerprint density at radius 2 is 1.37 bits per heavy atom. The molecule has 3 aromatic rings. The predicted molar refractivity (Wildman–Crippen MR) is 142 cm³/mol. The van der Waals surface area contributed by atoms with Crippen molar-refractivity contribution in [2.24, 2.45) is 5.92 Å². The molecule has 4 unspecified atom stereocenters. The Hall–Kier alpha value is -3.84. The fraction of sp³-hybridized carbons (Fsp3) is 0.355. The number of benzene rings is 3. The molecule has 1 aliphatic carbocycles. The fourth-order valence-electron chi connectivity index (χ4n) is 5.95. The van der Waals surface area contributed by atoms with Gasteiger partial charge in [-0.15, -0.1) is 0 Å². The van der Waals surface area contributed by atoms with Crippen LogP contribution in [-0.4, -0.2) is 45.6 Å². The lowest BCUT2D eigenvalue weighted by Crippen LogP contribution is -2.41. The van der Waals surface area contributed by atoms with Gasteiger partial charge in [-0.3, -0.25) is 9.59 Å². The molecule has 0 N–H and O–H groups in total. The van der Waals surface area contributed by atoms with Gasteiger partial charge in [-0.1, -0.05) is 42.5 Å². The number of carbonyl (C=O) groups is 2. The van der Waals surface area contributed by atoms with Crippen molar-refractivity contribution in [3.63, 3.8) is 0 Å². The lowest BCUT2D eigenvalue weighted by atomic mass is 9.82. The largest absolute Gasteiger partial charge is 0.493 e. The Labute approximate surface area is 222 Å². The highest BCUT2D eigenvalue weighted by atomic mass is 16.5. The number of hydrogen-bond acceptors (Lipinski definition) is 7. The molecule has 7 nitrogen and oxygen atoms in total. The minimum absolute atomic E-state index is 0.158. The van der Waals surface area contributed by atoms with E-state index in [4.69, 9.17) is 23.7 Å². The SMILES string of the molecule is COc1ccc(C2CCC3(O2)C(=O)C(C(=O)c2ccccc2)CC3c2ccc(OC)c(OC)c2)cc1OC. The highest BCUT2D eigenvalue weighted by molar-refractivity contribution is 6.15. The first-order valence-electron chi connectivity index (χ1n) is 12.7. The monoisotopic (exact) mass is 516 g/mol. The van der Waals surface area contributed by atoms with Gasteiger partial charge in [-0.05, 0) is 54.7 Å². The van der Waals surface area contributed by atoms with E-state index in [1.54, 1.807) is 40.6 Å². The first-order chi connectivity index (χ1) is 18.4. The summed E-state index contributed by atoms with van der Waals surface area (Å²) >= 11 is 0. The molecule has 38 heavy (non-hydrogen) atoms. The summed E-state index contributed by atoms with van der Waals surface area (Å²) < 4.78 is 28.6. The maximum Gasteiger partial charge on any atom is 0.176 e. The predicted octanol–water partition coefficient (Wildman–Crippen LogP) is 5.57. The van der Waals surface area contributed by atoms with Crippen LogP contribution >= 0.6 is 0 Å². The number of methoxy groups -OCH3 is 4. The van der Waals surface area contributed by atoms with Crippen LogP contribution in [0.4, 0.5) is 0 Å². The molecule has 1 saturated heterocycles. The van der Waals surface area contributed by atoms with Crippen molar-refractivity contribution in [3.8, 4) is 23.0 Å². The van der Waals surface area contributed by atoms with Crippen LogP contribution in [0.15, 0.2) is 66.7 Å². The van der Waals surface area contributed by atoms with E-state index in [2.05, 4.69) is 0 Å². The smallest absolute Gasteiger partial charge is 0.176 e. The van der Waals surface area contributed by atoms with Gasteiger partial charge in [0.25, 0.3) is 0 Å².